The van der Waals surface area contributed by atoms with Crippen LogP contribution in [0.1, 0.15) is 29.7 Å². The summed E-state index contributed by atoms with van der Waals surface area (Å²) >= 11 is 12.1. The van der Waals surface area contributed by atoms with E-state index in [-0.39, 0.29) is 0 Å². The minimum Gasteiger partial charge on any atom is -0.488 e. The van der Waals surface area contributed by atoms with E-state index in [1.165, 1.54) is 0 Å². The molecule has 0 bridgehead atoms. The Labute approximate surface area is 128 Å². The second-order valence-electron chi connectivity index (χ2n) is 4.74. The van der Waals surface area contributed by atoms with Gasteiger partial charge in [0.25, 0.3) is 0 Å². The summed E-state index contributed by atoms with van der Waals surface area (Å²) < 4.78 is 5.76. The highest BCUT2D eigenvalue weighted by molar-refractivity contribution is 6.31. The summed E-state index contributed by atoms with van der Waals surface area (Å²) in [5, 5.41) is 11.0. The van der Waals surface area contributed by atoms with Gasteiger partial charge in [-0.05, 0) is 43.7 Å². The van der Waals surface area contributed by atoms with Crippen molar-refractivity contribution in [2.75, 3.05) is 0 Å². The second kappa shape index (κ2) is 6.49. The largest absolute Gasteiger partial charge is 0.488 e. The molecule has 106 valence electrons. The van der Waals surface area contributed by atoms with Crippen LogP contribution in [0.2, 0.25) is 10.0 Å². The van der Waals surface area contributed by atoms with Gasteiger partial charge < -0.3 is 9.84 Å². The maximum absolute atomic E-state index is 9.75. The normalized spacial score (nSPS) is 12.2. The lowest BCUT2D eigenvalue weighted by Crippen LogP contribution is -2.01. The molecule has 0 heterocycles. The number of aliphatic hydroxyl groups is 1. The monoisotopic (exact) mass is 310 g/mol. The molecule has 0 aliphatic carbocycles. The molecule has 4 heteroatoms. The average molecular weight is 311 g/mol. The summed E-state index contributed by atoms with van der Waals surface area (Å²) in [5.41, 5.74) is 2.68. The quantitative estimate of drug-likeness (QED) is 0.867. The molecular weight excluding hydrogens is 295 g/mol. The maximum Gasteiger partial charge on any atom is 0.125 e. The highest BCUT2D eigenvalue weighted by Crippen LogP contribution is 2.29. The molecule has 0 saturated heterocycles. The van der Waals surface area contributed by atoms with E-state index >= 15 is 0 Å². The van der Waals surface area contributed by atoms with E-state index in [0.717, 1.165) is 11.1 Å². The van der Waals surface area contributed by atoms with Gasteiger partial charge in [-0.1, -0.05) is 35.3 Å². The molecule has 0 fully saturated rings. The number of hydrogen-bond acceptors (Lipinski definition) is 2. The topological polar surface area (TPSA) is 29.5 Å². The van der Waals surface area contributed by atoms with Gasteiger partial charge in [0.1, 0.15) is 12.4 Å². The van der Waals surface area contributed by atoms with Gasteiger partial charge in [0.05, 0.1) is 6.10 Å². The number of hydrogen-bond donors (Lipinski definition) is 1. The van der Waals surface area contributed by atoms with E-state index in [1.807, 2.05) is 25.1 Å². The van der Waals surface area contributed by atoms with Crippen molar-refractivity contribution >= 4 is 23.2 Å². The lowest BCUT2D eigenvalue weighted by atomic mass is 10.1. The number of aliphatic hydroxyl groups excluding tert-OH is 1. The number of rotatable bonds is 4. The first-order chi connectivity index (χ1) is 9.47. The maximum atomic E-state index is 9.75. The van der Waals surface area contributed by atoms with Crippen molar-refractivity contribution in [3.8, 4) is 5.75 Å². The van der Waals surface area contributed by atoms with Crippen molar-refractivity contribution in [3.63, 3.8) is 0 Å². The van der Waals surface area contributed by atoms with Crippen LogP contribution in [0.5, 0.6) is 5.75 Å². The Morgan fingerprint density at radius 1 is 1.15 bits per heavy atom. The van der Waals surface area contributed by atoms with Crippen LogP contribution in [0.3, 0.4) is 0 Å². The van der Waals surface area contributed by atoms with Crippen LogP contribution < -0.4 is 4.74 Å². The van der Waals surface area contributed by atoms with Crippen LogP contribution in [0, 0.1) is 6.92 Å². The first-order valence-corrected chi connectivity index (χ1v) is 7.08. The molecule has 2 nitrogen and oxygen atoms in total. The minimum absolute atomic E-state index is 0.348. The highest BCUT2D eigenvalue weighted by atomic mass is 35.5. The molecule has 0 spiro atoms. The molecule has 1 unspecified atom stereocenters. The highest BCUT2D eigenvalue weighted by Gasteiger charge is 2.11. The Balaban J connectivity index is 2.18. The third-order valence-corrected chi connectivity index (χ3v) is 3.60. The Kier molecular flexibility index (Phi) is 4.92. The lowest BCUT2D eigenvalue weighted by molar-refractivity contribution is 0.190. The molecule has 0 saturated carbocycles. The van der Waals surface area contributed by atoms with Gasteiger partial charge in [-0.15, -0.1) is 0 Å². The summed E-state index contributed by atoms with van der Waals surface area (Å²) in [4.78, 5) is 0. The summed E-state index contributed by atoms with van der Waals surface area (Å²) in [7, 11) is 0. The zero-order valence-corrected chi connectivity index (χ0v) is 12.9. The fraction of sp³-hybridized carbons (Fsp3) is 0.250. The van der Waals surface area contributed by atoms with Gasteiger partial charge in [-0.3, -0.25) is 0 Å². The Hall–Kier alpha value is -1.22. The molecule has 2 aromatic carbocycles. The minimum atomic E-state index is -0.641. The van der Waals surface area contributed by atoms with E-state index in [4.69, 9.17) is 27.9 Å². The number of ether oxygens (including phenoxy) is 1. The van der Waals surface area contributed by atoms with Crippen molar-refractivity contribution in [1.82, 2.24) is 0 Å². The molecule has 1 N–H and O–H groups in total. The van der Waals surface area contributed by atoms with Gasteiger partial charge in [-0.2, -0.15) is 0 Å². The molecule has 20 heavy (non-hydrogen) atoms. The van der Waals surface area contributed by atoms with E-state index in [0.29, 0.717) is 28.0 Å². The predicted octanol–water partition coefficient (Wildman–Crippen LogP) is 4.93. The second-order valence-corrected chi connectivity index (χ2v) is 5.59. The van der Waals surface area contributed by atoms with Crippen molar-refractivity contribution < 1.29 is 9.84 Å². The SMILES string of the molecule is Cc1ccc(COc2ccc(Cl)cc2C(C)O)c(Cl)c1. The molecule has 0 amide bonds. The number of benzene rings is 2. The Morgan fingerprint density at radius 2 is 1.90 bits per heavy atom. The van der Waals surface area contributed by atoms with Gasteiger partial charge in [0.2, 0.25) is 0 Å². The predicted molar refractivity (Wildman–Crippen MR) is 82.6 cm³/mol. The zero-order chi connectivity index (χ0) is 14.7. The molecule has 0 aliphatic rings. The number of halogens is 2. The standard InChI is InChI=1S/C16H16Cl2O2/c1-10-3-4-12(15(18)7-10)9-20-16-6-5-13(17)8-14(16)11(2)19/h3-8,11,19H,9H2,1-2H3. The lowest BCUT2D eigenvalue weighted by Gasteiger charge is -2.14. The van der Waals surface area contributed by atoms with E-state index < -0.39 is 6.10 Å². The first-order valence-electron chi connectivity index (χ1n) is 6.32. The van der Waals surface area contributed by atoms with Crippen molar-refractivity contribution in [2.24, 2.45) is 0 Å². The summed E-state index contributed by atoms with van der Waals surface area (Å²) in [6.45, 7) is 4.01. The summed E-state index contributed by atoms with van der Waals surface area (Å²) in [6.07, 6.45) is -0.641. The molecule has 2 rings (SSSR count). The fourth-order valence-electron chi connectivity index (χ4n) is 1.90. The van der Waals surface area contributed by atoms with Crippen LogP contribution in [-0.4, -0.2) is 5.11 Å². The average Bonchev–Trinajstić information content (AvgIpc) is 2.38. The zero-order valence-electron chi connectivity index (χ0n) is 11.4. The summed E-state index contributed by atoms with van der Waals surface area (Å²) in [5.74, 6) is 0.612. The third-order valence-electron chi connectivity index (χ3n) is 3.01. The van der Waals surface area contributed by atoms with Gasteiger partial charge >= 0.3 is 0 Å². The van der Waals surface area contributed by atoms with Crippen LogP contribution in [0.15, 0.2) is 36.4 Å². The van der Waals surface area contributed by atoms with E-state index in [1.54, 1.807) is 25.1 Å². The van der Waals surface area contributed by atoms with Crippen LogP contribution in [0.4, 0.5) is 0 Å². The molecular formula is C16H16Cl2O2. The molecule has 0 radical (unpaired) electrons. The molecule has 0 aliphatic heterocycles. The Bertz CT molecular complexity index is 609. The van der Waals surface area contributed by atoms with Gasteiger partial charge in [0.15, 0.2) is 0 Å². The first kappa shape index (κ1) is 15.2. The molecule has 2 aromatic rings. The van der Waals surface area contributed by atoms with Crippen LogP contribution >= 0.6 is 23.2 Å². The van der Waals surface area contributed by atoms with Crippen molar-refractivity contribution in [1.29, 1.82) is 0 Å². The Morgan fingerprint density at radius 3 is 2.55 bits per heavy atom. The van der Waals surface area contributed by atoms with Gasteiger partial charge in [0, 0.05) is 21.2 Å². The van der Waals surface area contributed by atoms with Crippen molar-refractivity contribution in [3.05, 3.63) is 63.1 Å². The number of aryl methyl sites for hydroxylation is 1. The van der Waals surface area contributed by atoms with Crippen LogP contribution in [0.25, 0.3) is 0 Å². The van der Waals surface area contributed by atoms with E-state index in [2.05, 4.69) is 0 Å². The van der Waals surface area contributed by atoms with Crippen molar-refractivity contribution in [2.45, 2.75) is 26.6 Å². The smallest absolute Gasteiger partial charge is 0.125 e. The molecule has 1 atom stereocenters. The van der Waals surface area contributed by atoms with Crippen LogP contribution in [-0.2, 0) is 6.61 Å². The summed E-state index contributed by atoms with van der Waals surface area (Å²) in [6, 6.07) is 11.0. The van der Waals surface area contributed by atoms with Gasteiger partial charge in [-0.25, -0.2) is 0 Å². The fourth-order valence-corrected chi connectivity index (χ4v) is 2.37. The molecule has 0 aromatic heterocycles. The van der Waals surface area contributed by atoms with E-state index in [9.17, 15) is 5.11 Å². The third kappa shape index (κ3) is 3.66.